The van der Waals surface area contributed by atoms with Crippen LogP contribution in [-0.4, -0.2) is 58.8 Å². The zero-order valence-corrected chi connectivity index (χ0v) is 26.8. The van der Waals surface area contributed by atoms with Gasteiger partial charge in [0.05, 0.1) is 5.54 Å². The van der Waals surface area contributed by atoms with E-state index in [2.05, 4.69) is 47.6 Å². The second kappa shape index (κ2) is 12.5. The summed E-state index contributed by atoms with van der Waals surface area (Å²) in [5.41, 5.74) is 10.1. The minimum Gasteiger partial charge on any atom is -0.396 e. The van der Waals surface area contributed by atoms with Crippen molar-refractivity contribution < 1.29 is 15.0 Å². The first-order valence-electron chi connectivity index (χ1n) is 16.2. The monoisotopic (exact) mass is 611 g/mol. The van der Waals surface area contributed by atoms with Crippen LogP contribution in [0.1, 0.15) is 76.7 Å². The minimum atomic E-state index is -0.161. The first kappa shape index (κ1) is 30.5. The van der Waals surface area contributed by atoms with Gasteiger partial charge in [0.2, 0.25) is 0 Å². The maximum Gasteiger partial charge on any atom is 0.189 e. The van der Waals surface area contributed by atoms with E-state index in [1.54, 1.807) is 0 Å². The molecule has 0 radical (unpaired) electrons. The van der Waals surface area contributed by atoms with Crippen LogP contribution in [0.25, 0.3) is 0 Å². The van der Waals surface area contributed by atoms with E-state index in [1.165, 1.54) is 11.1 Å². The lowest BCUT2D eigenvalue weighted by Gasteiger charge is -2.57. The van der Waals surface area contributed by atoms with E-state index in [0.29, 0.717) is 35.9 Å². The van der Waals surface area contributed by atoms with Crippen LogP contribution >= 0.6 is 21.6 Å². The van der Waals surface area contributed by atoms with E-state index in [1.807, 2.05) is 21.6 Å². The quantitative estimate of drug-likeness (QED) is 0.237. The molecule has 8 heteroatoms. The maximum atomic E-state index is 14.0. The van der Waals surface area contributed by atoms with Crippen LogP contribution < -0.4 is 11.1 Å². The molecule has 7 unspecified atom stereocenters. The summed E-state index contributed by atoms with van der Waals surface area (Å²) < 4.78 is 0. The average Bonchev–Trinajstić information content (AvgIpc) is 3.32. The number of allylic oxidation sites excluding steroid dienone is 2. The van der Waals surface area contributed by atoms with Crippen LogP contribution in [-0.2, 0) is 11.2 Å². The van der Waals surface area contributed by atoms with Crippen LogP contribution in [0.5, 0.6) is 0 Å². The zero-order valence-electron chi connectivity index (χ0n) is 25.2. The van der Waals surface area contributed by atoms with Crippen LogP contribution in [0.3, 0.4) is 0 Å². The van der Waals surface area contributed by atoms with E-state index in [0.717, 1.165) is 87.8 Å². The Labute approximate surface area is 259 Å². The molecule has 2 saturated carbocycles. The molecular formula is C34H49N3O3S2. The zero-order chi connectivity index (χ0) is 29.4. The Bertz CT molecular complexity index is 1210. The van der Waals surface area contributed by atoms with Gasteiger partial charge < -0.3 is 21.3 Å². The van der Waals surface area contributed by atoms with Crippen LogP contribution in [0.4, 0.5) is 0 Å². The molecule has 0 amide bonds. The second-order valence-electron chi connectivity index (χ2n) is 13.9. The number of guanidine groups is 1. The number of ketones is 1. The molecule has 2 spiro atoms. The van der Waals surface area contributed by atoms with Crippen LogP contribution in [0.2, 0.25) is 0 Å². The summed E-state index contributed by atoms with van der Waals surface area (Å²) in [5.74, 6) is 4.38. The summed E-state index contributed by atoms with van der Waals surface area (Å²) in [6.07, 6.45) is 10.3. The molecule has 6 rings (SSSR count). The van der Waals surface area contributed by atoms with Gasteiger partial charge in [0.15, 0.2) is 11.7 Å². The number of nitrogens with two attached hydrogens (primary N) is 1. The number of aliphatic imine (C=N–C) groups is 1. The normalized spacial score (nSPS) is 38.5. The van der Waals surface area contributed by atoms with E-state index >= 15 is 0 Å². The molecule has 1 aromatic rings. The number of rotatable bonds is 7. The lowest BCUT2D eigenvalue weighted by molar-refractivity contribution is -0.125. The number of Topliss-reactive ketones (excluding diaryl/α,β-unsaturated/α-hetero) is 1. The van der Waals surface area contributed by atoms with E-state index in [4.69, 9.17) is 5.73 Å². The van der Waals surface area contributed by atoms with Gasteiger partial charge in [-0.1, -0.05) is 70.8 Å². The Morgan fingerprint density at radius 3 is 2.76 bits per heavy atom. The van der Waals surface area contributed by atoms with E-state index in [-0.39, 0.29) is 35.5 Å². The molecule has 0 saturated heterocycles. The van der Waals surface area contributed by atoms with Gasteiger partial charge in [-0.05, 0) is 92.1 Å². The van der Waals surface area contributed by atoms with Crippen molar-refractivity contribution in [3.63, 3.8) is 0 Å². The summed E-state index contributed by atoms with van der Waals surface area (Å²) in [6, 6.07) is 10.7. The van der Waals surface area contributed by atoms with Gasteiger partial charge in [0, 0.05) is 49.0 Å². The molecule has 5 bridgehead atoms. The van der Waals surface area contributed by atoms with Gasteiger partial charge in [-0.2, -0.15) is 0 Å². The fourth-order valence-electron chi connectivity index (χ4n) is 9.99. The average molecular weight is 612 g/mol. The first-order valence-corrected chi connectivity index (χ1v) is 18.7. The first-order chi connectivity index (χ1) is 20.4. The van der Waals surface area contributed by atoms with Crippen molar-refractivity contribution >= 4 is 33.3 Å². The summed E-state index contributed by atoms with van der Waals surface area (Å²) in [5, 5.41) is 23.8. The lowest BCUT2D eigenvalue weighted by atomic mass is 9.47. The van der Waals surface area contributed by atoms with E-state index < -0.39 is 0 Å². The van der Waals surface area contributed by atoms with Crippen LogP contribution in [0, 0.1) is 34.5 Å². The fourth-order valence-corrected chi connectivity index (χ4v) is 12.9. The molecule has 2 aliphatic heterocycles. The van der Waals surface area contributed by atoms with Gasteiger partial charge in [0.25, 0.3) is 0 Å². The Morgan fingerprint density at radius 1 is 1.14 bits per heavy atom. The Morgan fingerprint density at radius 2 is 1.98 bits per heavy atom. The smallest absolute Gasteiger partial charge is 0.189 e. The van der Waals surface area contributed by atoms with Gasteiger partial charge >= 0.3 is 0 Å². The molecule has 6 nitrogen and oxygen atoms in total. The van der Waals surface area contributed by atoms with Crippen LogP contribution in [0.15, 0.2) is 46.5 Å². The molecule has 42 heavy (non-hydrogen) atoms. The predicted octanol–water partition coefficient (Wildman–Crippen LogP) is 5.53. The van der Waals surface area contributed by atoms with Crippen molar-refractivity contribution in [2.24, 2.45) is 45.2 Å². The molecule has 3 aliphatic carbocycles. The topological polar surface area (TPSA) is 108 Å². The molecule has 2 fully saturated rings. The largest absolute Gasteiger partial charge is 0.396 e. The summed E-state index contributed by atoms with van der Waals surface area (Å²) >= 11 is 0. The highest BCUT2D eigenvalue weighted by Crippen LogP contribution is 2.75. The third kappa shape index (κ3) is 5.16. The molecule has 0 aromatic heterocycles. The molecular weight excluding hydrogens is 563 g/mol. The predicted molar refractivity (Wildman–Crippen MR) is 174 cm³/mol. The van der Waals surface area contributed by atoms with Crippen molar-refractivity contribution in [3.8, 4) is 0 Å². The number of benzene rings is 1. The minimum absolute atomic E-state index is 0.0740. The summed E-state index contributed by atoms with van der Waals surface area (Å²) in [4.78, 5) is 18.7. The number of nitrogens with one attached hydrogen (secondary N) is 1. The second-order valence-corrected chi connectivity index (χ2v) is 16.5. The van der Waals surface area contributed by atoms with Crippen molar-refractivity contribution in [1.82, 2.24) is 5.32 Å². The van der Waals surface area contributed by atoms with Gasteiger partial charge in [-0.3, -0.25) is 9.79 Å². The number of unbranched alkanes of at least 4 members (excludes halogenated alkanes) is 1. The van der Waals surface area contributed by atoms with Crippen molar-refractivity contribution in [2.45, 2.75) is 83.1 Å². The number of hydrogen-bond donors (Lipinski definition) is 4. The molecule has 5 aliphatic rings. The highest BCUT2D eigenvalue weighted by molar-refractivity contribution is 8.76. The highest BCUT2D eigenvalue weighted by atomic mass is 33.1. The highest BCUT2D eigenvalue weighted by Gasteiger charge is 2.69. The number of nitrogens with zero attached hydrogens (tertiary/aromatic N) is 1. The molecule has 5 N–H and O–H groups in total. The fraction of sp³-hybridized carbons (Fsp3) is 0.706. The number of aliphatic hydroxyl groups excluding tert-OH is 2. The molecule has 2 heterocycles. The van der Waals surface area contributed by atoms with Gasteiger partial charge in [0.1, 0.15) is 0 Å². The number of carbonyl (C=O) groups excluding carboxylic acids is 1. The molecule has 1 aromatic carbocycles. The number of carbonyl (C=O) groups is 1. The maximum absolute atomic E-state index is 14.0. The Balaban J connectivity index is 1.33. The third-order valence-corrected chi connectivity index (χ3v) is 14.6. The van der Waals surface area contributed by atoms with Gasteiger partial charge in [-0.25, -0.2) is 0 Å². The molecule has 230 valence electrons. The summed E-state index contributed by atoms with van der Waals surface area (Å²) in [6.45, 7) is 3.64. The number of hydrogen-bond acceptors (Lipinski definition) is 8. The standard InChI is InChI=1S/C34H49N3O3S2/c1-32-13-15-41-42-22-33(26(20-36-31(35)37-33)16-23-8-3-2-4-9-23)12-7-10-27-29-18-25(32)17-24(21-39)28(11-5-6-14-38)34(29,32)19-30(27)40/h2-4,8-9,24-26,28,38-39H,5-7,10-22H2,1H3,(H3,35,36,37). The van der Waals surface area contributed by atoms with E-state index in [9.17, 15) is 15.0 Å². The Kier molecular flexibility index (Phi) is 9.08. The van der Waals surface area contributed by atoms with Crippen molar-refractivity contribution in [1.29, 1.82) is 0 Å². The SMILES string of the molecule is CC12CCSSCC3(CCCC4=C5CC1CC(CO)C(CCCCO)C52CC4=O)NC(N)=NCC3Cc1ccccc1. The van der Waals surface area contributed by atoms with Crippen molar-refractivity contribution in [3.05, 3.63) is 47.0 Å². The molecule has 7 atom stereocenters. The Hall–Kier alpha value is -1.48. The van der Waals surface area contributed by atoms with Crippen molar-refractivity contribution in [2.75, 3.05) is 31.3 Å². The third-order valence-electron chi connectivity index (χ3n) is 12.1. The van der Waals surface area contributed by atoms with Gasteiger partial charge in [-0.15, -0.1) is 0 Å². The number of aliphatic hydroxyl groups is 2. The lowest BCUT2D eigenvalue weighted by Crippen LogP contribution is -2.61. The summed E-state index contributed by atoms with van der Waals surface area (Å²) in [7, 11) is 3.98.